The highest BCUT2D eigenvalue weighted by atomic mass is 16.3. The first kappa shape index (κ1) is 4.71. The molecule has 1 atom stereocenters. The van der Waals surface area contributed by atoms with Crippen molar-refractivity contribution in [2.24, 2.45) is 5.11 Å². The van der Waals surface area contributed by atoms with Crippen LogP contribution in [0.25, 0.3) is 0 Å². The number of aliphatic hydroxyl groups is 1. The Morgan fingerprint density at radius 2 is 2.57 bits per heavy atom. The van der Waals surface area contributed by atoms with Crippen LogP contribution in [0.3, 0.4) is 0 Å². The SMILES string of the molecule is C[N+]1=NCCC1O. The minimum atomic E-state index is -0.319. The van der Waals surface area contributed by atoms with Gasteiger partial charge in [0.05, 0.1) is 6.42 Å². The molecule has 3 heteroatoms. The molecule has 0 aliphatic carbocycles. The molecular formula is C4H9N2O+. The van der Waals surface area contributed by atoms with E-state index in [-0.39, 0.29) is 6.23 Å². The van der Waals surface area contributed by atoms with Crippen LogP contribution in [0.1, 0.15) is 6.42 Å². The van der Waals surface area contributed by atoms with Crippen LogP contribution < -0.4 is 0 Å². The van der Waals surface area contributed by atoms with E-state index >= 15 is 0 Å². The lowest BCUT2D eigenvalue weighted by Crippen LogP contribution is -2.14. The molecule has 0 aromatic carbocycles. The molecule has 1 N–H and O–H groups in total. The topological polar surface area (TPSA) is 35.6 Å². The van der Waals surface area contributed by atoms with E-state index in [1.54, 1.807) is 11.7 Å². The Bertz CT molecular complexity index is 99.9. The molecule has 0 amide bonds. The van der Waals surface area contributed by atoms with Gasteiger partial charge in [-0.15, -0.1) is 4.70 Å². The fourth-order valence-corrected chi connectivity index (χ4v) is 0.612. The van der Waals surface area contributed by atoms with Crippen LogP contribution in [0.15, 0.2) is 5.11 Å². The van der Waals surface area contributed by atoms with Crippen molar-refractivity contribution in [3.8, 4) is 0 Å². The highest BCUT2D eigenvalue weighted by Gasteiger charge is 2.19. The van der Waals surface area contributed by atoms with E-state index in [0.29, 0.717) is 0 Å². The van der Waals surface area contributed by atoms with E-state index in [0.717, 1.165) is 13.0 Å². The molecule has 1 unspecified atom stereocenters. The Kier molecular flexibility index (Phi) is 1.06. The van der Waals surface area contributed by atoms with Crippen LogP contribution in [0.5, 0.6) is 0 Å². The Morgan fingerprint density at radius 3 is 2.71 bits per heavy atom. The number of nitrogens with zero attached hydrogens (tertiary/aromatic N) is 2. The molecule has 1 heterocycles. The van der Waals surface area contributed by atoms with Crippen LogP contribution >= 0.6 is 0 Å². The van der Waals surface area contributed by atoms with Gasteiger partial charge in [-0.2, -0.15) is 0 Å². The summed E-state index contributed by atoms with van der Waals surface area (Å²) < 4.78 is 1.58. The fraction of sp³-hybridized carbons (Fsp3) is 1.00. The standard InChI is InChI=1S/C4H9N2O/c1-6-4(7)2-3-5-6/h4,7H,2-3H2,1H3/q+1. The highest BCUT2D eigenvalue weighted by Crippen LogP contribution is 2.00. The second kappa shape index (κ2) is 1.58. The van der Waals surface area contributed by atoms with Gasteiger partial charge in [0.1, 0.15) is 6.54 Å². The van der Waals surface area contributed by atoms with E-state index < -0.39 is 0 Å². The second-order valence-electron chi connectivity index (χ2n) is 1.71. The molecule has 1 rings (SSSR count). The van der Waals surface area contributed by atoms with Gasteiger partial charge in [-0.25, -0.2) is 0 Å². The fourth-order valence-electron chi connectivity index (χ4n) is 0.612. The highest BCUT2D eigenvalue weighted by molar-refractivity contribution is 4.44. The van der Waals surface area contributed by atoms with Gasteiger partial charge in [0, 0.05) is 0 Å². The maximum Gasteiger partial charge on any atom is 0.281 e. The molecule has 0 aromatic rings. The summed E-state index contributed by atoms with van der Waals surface area (Å²) >= 11 is 0. The van der Waals surface area contributed by atoms with Gasteiger partial charge in [0.15, 0.2) is 7.05 Å². The van der Waals surface area contributed by atoms with Crippen molar-refractivity contribution in [2.45, 2.75) is 12.6 Å². The summed E-state index contributed by atoms with van der Waals surface area (Å²) in [7, 11) is 1.78. The maximum absolute atomic E-state index is 8.83. The van der Waals surface area contributed by atoms with E-state index in [4.69, 9.17) is 5.11 Å². The molecule has 3 nitrogen and oxygen atoms in total. The van der Waals surface area contributed by atoms with Crippen molar-refractivity contribution in [1.29, 1.82) is 0 Å². The third kappa shape index (κ3) is 0.771. The Morgan fingerprint density at radius 1 is 1.86 bits per heavy atom. The third-order valence-electron chi connectivity index (χ3n) is 1.14. The normalized spacial score (nSPS) is 30.6. The lowest BCUT2D eigenvalue weighted by molar-refractivity contribution is -0.627. The van der Waals surface area contributed by atoms with Gasteiger partial charge in [-0.05, 0) is 5.11 Å². The molecule has 40 valence electrons. The maximum atomic E-state index is 8.83. The number of hydrogen-bond acceptors (Lipinski definition) is 2. The number of hydrogen-bond donors (Lipinski definition) is 1. The molecule has 1 aliphatic heterocycles. The molecule has 0 fully saturated rings. The summed E-state index contributed by atoms with van der Waals surface area (Å²) in [5, 5.41) is 12.7. The second-order valence-corrected chi connectivity index (χ2v) is 1.71. The van der Waals surface area contributed by atoms with Gasteiger partial charge in [0.25, 0.3) is 6.23 Å². The van der Waals surface area contributed by atoms with Crippen molar-refractivity contribution < 1.29 is 9.80 Å². The van der Waals surface area contributed by atoms with Gasteiger partial charge < -0.3 is 5.11 Å². The number of azo groups is 2. The van der Waals surface area contributed by atoms with E-state index in [1.165, 1.54) is 0 Å². The van der Waals surface area contributed by atoms with Gasteiger partial charge >= 0.3 is 0 Å². The minimum Gasteiger partial charge on any atom is -0.335 e. The molecule has 0 aromatic heterocycles. The van der Waals surface area contributed by atoms with Crippen molar-refractivity contribution in [3.63, 3.8) is 0 Å². The number of rotatable bonds is 0. The van der Waals surface area contributed by atoms with Crippen molar-refractivity contribution >= 4 is 0 Å². The van der Waals surface area contributed by atoms with Gasteiger partial charge in [-0.1, -0.05) is 0 Å². The zero-order chi connectivity index (χ0) is 5.28. The van der Waals surface area contributed by atoms with Crippen molar-refractivity contribution in [2.75, 3.05) is 13.6 Å². The van der Waals surface area contributed by atoms with E-state index in [9.17, 15) is 0 Å². The molecular weight excluding hydrogens is 92.1 g/mol. The summed E-state index contributed by atoms with van der Waals surface area (Å²) in [4.78, 5) is 0. The molecule has 1 aliphatic rings. The number of aliphatic hydroxyl groups excluding tert-OH is 1. The van der Waals surface area contributed by atoms with Gasteiger partial charge in [-0.3, -0.25) is 0 Å². The zero-order valence-electron chi connectivity index (χ0n) is 4.33. The first-order valence-corrected chi connectivity index (χ1v) is 2.39. The minimum absolute atomic E-state index is 0.319. The zero-order valence-corrected chi connectivity index (χ0v) is 4.33. The summed E-state index contributed by atoms with van der Waals surface area (Å²) in [6, 6.07) is 0. The van der Waals surface area contributed by atoms with Crippen molar-refractivity contribution in [3.05, 3.63) is 0 Å². The van der Waals surface area contributed by atoms with E-state index in [1.807, 2.05) is 0 Å². The summed E-state index contributed by atoms with van der Waals surface area (Å²) in [5.74, 6) is 0. The summed E-state index contributed by atoms with van der Waals surface area (Å²) in [6.45, 7) is 0.775. The van der Waals surface area contributed by atoms with Gasteiger partial charge in [0.2, 0.25) is 0 Å². The summed E-state index contributed by atoms with van der Waals surface area (Å²) in [6.07, 6.45) is 0.469. The molecule has 0 bridgehead atoms. The van der Waals surface area contributed by atoms with Crippen LogP contribution in [-0.4, -0.2) is 29.6 Å². The van der Waals surface area contributed by atoms with Crippen LogP contribution in [-0.2, 0) is 0 Å². The average Bonchev–Trinajstić information content (AvgIpc) is 1.91. The lowest BCUT2D eigenvalue weighted by atomic mass is 10.4. The predicted molar refractivity (Wildman–Crippen MR) is 24.1 cm³/mol. The smallest absolute Gasteiger partial charge is 0.281 e. The first-order valence-electron chi connectivity index (χ1n) is 2.39. The lowest BCUT2D eigenvalue weighted by Gasteiger charge is -1.88. The summed E-state index contributed by atoms with van der Waals surface area (Å²) in [5.41, 5.74) is 0. The Hall–Kier alpha value is -0.440. The molecule has 0 spiro atoms. The quantitative estimate of drug-likeness (QED) is 0.421. The molecule has 0 saturated heterocycles. The third-order valence-corrected chi connectivity index (χ3v) is 1.14. The largest absolute Gasteiger partial charge is 0.335 e. The average molecular weight is 101 g/mol. The van der Waals surface area contributed by atoms with Crippen LogP contribution in [0.2, 0.25) is 0 Å². The Labute approximate surface area is 42.3 Å². The Balaban J connectivity index is 2.54. The first-order chi connectivity index (χ1) is 3.30. The monoisotopic (exact) mass is 101 g/mol. The van der Waals surface area contributed by atoms with Crippen LogP contribution in [0.4, 0.5) is 0 Å². The van der Waals surface area contributed by atoms with Crippen LogP contribution in [0, 0.1) is 0 Å². The van der Waals surface area contributed by atoms with Crippen molar-refractivity contribution in [1.82, 2.24) is 0 Å². The molecule has 7 heavy (non-hydrogen) atoms. The molecule has 0 saturated carbocycles. The predicted octanol–water partition coefficient (Wildman–Crippen LogP) is -0.197. The van der Waals surface area contributed by atoms with E-state index in [2.05, 4.69) is 5.11 Å². The molecule has 0 radical (unpaired) electrons.